The Labute approximate surface area is 124 Å². The van der Waals surface area contributed by atoms with Gasteiger partial charge in [0.25, 0.3) is 0 Å². The third kappa shape index (κ3) is 2.95. The molecule has 20 heavy (non-hydrogen) atoms. The Kier molecular flexibility index (Phi) is 4.49. The summed E-state index contributed by atoms with van der Waals surface area (Å²) in [5, 5.41) is 0. The first-order valence-corrected chi connectivity index (χ1v) is 8.93. The number of aldehydes is 1. The average molecular weight is 277 g/mol. The normalized spacial score (nSPS) is 43.0. The van der Waals surface area contributed by atoms with Gasteiger partial charge in [0.2, 0.25) is 0 Å². The van der Waals surface area contributed by atoms with Crippen LogP contribution >= 0.6 is 0 Å². The SMILES string of the molecule is CC1CCCC(C=O)(CN2CCCC3CCCCC32)C1. The summed E-state index contributed by atoms with van der Waals surface area (Å²) in [6.07, 6.45) is 14.6. The number of rotatable bonds is 3. The van der Waals surface area contributed by atoms with Gasteiger partial charge in [-0.25, -0.2) is 0 Å². The number of nitrogens with zero attached hydrogens (tertiary/aromatic N) is 1. The lowest BCUT2D eigenvalue weighted by molar-refractivity contribution is -0.121. The Bertz CT molecular complexity index is 340. The van der Waals surface area contributed by atoms with Crippen LogP contribution in [0.25, 0.3) is 0 Å². The van der Waals surface area contributed by atoms with Crippen molar-refractivity contribution in [1.29, 1.82) is 0 Å². The Morgan fingerprint density at radius 3 is 2.70 bits per heavy atom. The predicted octanol–water partition coefficient (Wildman–Crippen LogP) is 4.04. The average Bonchev–Trinajstić information content (AvgIpc) is 2.48. The van der Waals surface area contributed by atoms with Crippen LogP contribution in [0.15, 0.2) is 0 Å². The molecule has 1 aliphatic heterocycles. The van der Waals surface area contributed by atoms with Crippen molar-refractivity contribution in [2.24, 2.45) is 17.3 Å². The molecule has 3 rings (SSSR count). The largest absolute Gasteiger partial charge is 0.303 e. The van der Waals surface area contributed by atoms with E-state index >= 15 is 0 Å². The number of hydrogen-bond acceptors (Lipinski definition) is 2. The van der Waals surface area contributed by atoms with Gasteiger partial charge < -0.3 is 4.79 Å². The highest BCUT2D eigenvalue weighted by Crippen LogP contribution is 2.42. The van der Waals surface area contributed by atoms with Crippen LogP contribution in [0.2, 0.25) is 0 Å². The van der Waals surface area contributed by atoms with Crippen LogP contribution in [-0.2, 0) is 4.79 Å². The maximum atomic E-state index is 11.8. The number of piperidine rings is 1. The molecule has 0 bridgehead atoms. The van der Waals surface area contributed by atoms with Gasteiger partial charge in [0.05, 0.1) is 0 Å². The van der Waals surface area contributed by atoms with Gasteiger partial charge in [-0.3, -0.25) is 4.90 Å². The van der Waals surface area contributed by atoms with E-state index in [-0.39, 0.29) is 5.41 Å². The van der Waals surface area contributed by atoms with Crippen molar-refractivity contribution in [3.05, 3.63) is 0 Å². The highest BCUT2D eigenvalue weighted by Gasteiger charge is 2.40. The lowest BCUT2D eigenvalue weighted by Crippen LogP contribution is -2.52. The van der Waals surface area contributed by atoms with Crippen LogP contribution in [0.4, 0.5) is 0 Å². The maximum Gasteiger partial charge on any atom is 0.127 e. The second-order valence-electron chi connectivity index (χ2n) is 7.91. The van der Waals surface area contributed by atoms with Crippen LogP contribution in [0, 0.1) is 17.3 Å². The molecule has 4 atom stereocenters. The van der Waals surface area contributed by atoms with Crippen LogP contribution < -0.4 is 0 Å². The standard InChI is InChI=1S/C18H31NO/c1-15-6-4-10-18(12-15,14-20)13-19-11-5-8-16-7-2-3-9-17(16)19/h14-17H,2-13H2,1H3. The minimum absolute atomic E-state index is 0.0169. The maximum absolute atomic E-state index is 11.8. The van der Waals surface area contributed by atoms with Crippen LogP contribution in [0.3, 0.4) is 0 Å². The molecule has 114 valence electrons. The van der Waals surface area contributed by atoms with Gasteiger partial charge >= 0.3 is 0 Å². The van der Waals surface area contributed by atoms with Gasteiger partial charge in [-0.15, -0.1) is 0 Å². The number of carbonyl (C=O) groups excluding carboxylic acids is 1. The van der Waals surface area contributed by atoms with Crippen molar-refractivity contribution < 1.29 is 4.79 Å². The van der Waals surface area contributed by atoms with E-state index in [2.05, 4.69) is 11.8 Å². The molecular formula is C18H31NO. The topological polar surface area (TPSA) is 20.3 Å². The van der Waals surface area contributed by atoms with E-state index in [9.17, 15) is 4.79 Å². The first-order chi connectivity index (χ1) is 9.72. The summed E-state index contributed by atoms with van der Waals surface area (Å²) < 4.78 is 0. The molecule has 2 nitrogen and oxygen atoms in total. The first kappa shape index (κ1) is 14.6. The zero-order valence-electron chi connectivity index (χ0n) is 13.2. The molecule has 3 fully saturated rings. The van der Waals surface area contributed by atoms with E-state index < -0.39 is 0 Å². The van der Waals surface area contributed by atoms with E-state index in [0.29, 0.717) is 0 Å². The first-order valence-electron chi connectivity index (χ1n) is 8.93. The lowest BCUT2D eigenvalue weighted by Gasteiger charge is -2.48. The van der Waals surface area contributed by atoms with Gasteiger partial charge in [0.1, 0.15) is 6.29 Å². The second-order valence-corrected chi connectivity index (χ2v) is 7.91. The van der Waals surface area contributed by atoms with Crippen LogP contribution in [0.1, 0.15) is 71.1 Å². The van der Waals surface area contributed by atoms with Crippen LogP contribution in [-0.4, -0.2) is 30.3 Å². The summed E-state index contributed by atoms with van der Waals surface area (Å²) in [6.45, 7) is 4.63. The molecule has 0 radical (unpaired) electrons. The highest BCUT2D eigenvalue weighted by molar-refractivity contribution is 5.60. The Morgan fingerprint density at radius 1 is 1.10 bits per heavy atom. The zero-order chi connectivity index (χ0) is 14.0. The van der Waals surface area contributed by atoms with Crippen molar-refractivity contribution in [2.45, 2.75) is 77.2 Å². The molecule has 1 saturated heterocycles. The molecule has 0 N–H and O–H groups in total. The molecule has 0 aromatic rings. The fraction of sp³-hybridized carbons (Fsp3) is 0.944. The Morgan fingerprint density at radius 2 is 1.90 bits per heavy atom. The number of likely N-dealkylation sites (tertiary alicyclic amines) is 1. The van der Waals surface area contributed by atoms with Gasteiger partial charge in [-0.1, -0.05) is 32.6 Å². The van der Waals surface area contributed by atoms with Gasteiger partial charge in [0.15, 0.2) is 0 Å². The smallest absolute Gasteiger partial charge is 0.127 e. The molecule has 0 spiro atoms. The van der Waals surface area contributed by atoms with Crippen molar-refractivity contribution in [3.63, 3.8) is 0 Å². The molecule has 2 saturated carbocycles. The molecule has 0 aromatic carbocycles. The summed E-state index contributed by atoms with van der Waals surface area (Å²) >= 11 is 0. The van der Waals surface area contributed by atoms with Crippen molar-refractivity contribution in [2.75, 3.05) is 13.1 Å². The number of carbonyl (C=O) groups is 1. The number of fused-ring (bicyclic) bond motifs is 1. The molecular weight excluding hydrogens is 246 g/mol. The monoisotopic (exact) mass is 277 g/mol. The van der Waals surface area contributed by atoms with Crippen LogP contribution in [0.5, 0.6) is 0 Å². The summed E-state index contributed by atoms with van der Waals surface area (Å²) in [5.74, 6) is 1.67. The summed E-state index contributed by atoms with van der Waals surface area (Å²) in [6, 6.07) is 0.798. The molecule has 1 heterocycles. The summed E-state index contributed by atoms with van der Waals surface area (Å²) in [7, 11) is 0. The van der Waals surface area contributed by atoms with E-state index in [4.69, 9.17) is 0 Å². The predicted molar refractivity (Wildman–Crippen MR) is 82.7 cm³/mol. The zero-order valence-corrected chi connectivity index (χ0v) is 13.2. The number of hydrogen-bond donors (Lipinski definition) is 0. The van der Waals surface area contributed by atoms with Gasteiger partial charge in [-0.2, -0.15) is 0 Å². The second kappa shape index (κ2) is 6.17. The summed E-state index contributed by atoms with van der Waals surface area (Å²) in [5.41, 5.74) is -0.0169. The highest BCUT2D eigenvalue weighted by atomic mass is 16.1. The van der Waals surface area contributed by atoms with Crippen molar-refractivity contribution >= 4 is 6.29 Å². The third-order valence-electron chi connectivity index (χ3n) is 6.25. The molecule has 0 amide bonds. The third-order valence-corrected chi connectivity index (χ3v) is 6.25. The fourth-order valence-electron chi connectivity index (χ4n) is 5.32. The Balaban J connectivity index is 1.69. The molecule has 4 unspecified atom stereocenters. The van der Waals surface area contributed by atoms with E-state index in [1.165, 1.54) is 64.2 Å². The van der Waals surface area contributed by atoms with Gasteiger partial charge in [-0.05, 0) is 56.9 Å². The van der Waals surface area contributed by atoms with E-state index in [0.717, 1.165) is 37.3 Å². The van der Waals surface area contributed by atoms with Gasteiger partial charge in [0, 0.05) is 18.0 Å². The van der Waals surface area contributed by atoms with E-state index in [1.807, 2.05) is 0 Å². The minimum Gasteiger partial charge on any atom is -0.303 e. The Hall–Kier alpha value is -0.370. The molecule has 3 aliphatic rings. The summed E-state index contributed by atoms with van der Waals surface area (Å²) in [4.78, 5) is 14.6. The van der Waals surface area contributed by atoms with Crippen molar-refractivity contribution in [3.8, 4) is 0 Å². The molecule has 0 aromatic heterocycles. The lowest BCUT2D eigenvalue weighted by atomic mass is 9.69. The molecule has 2 heteroatoms. The van der Waals surface area contributed by atoms with Crippen molar-refractivity contribution in [1.82, 2.24) is 4.90 Å². The quantitative estimate of drug-likeness (QED) is 0.726. The minimum atomic E-state index is -0.0169. The van der Waals surface area contributed by atoms with E-state index in [1.54, 1.807) is 0 Å². The fourth-order valence-corrected chi connectivity index (χ4v) is 5.32. The molecule has 2 aliphatic carbocycles.